The third kappa shape index (κ3) is 5.38. The Morgan fingerprint density at radius 1 is 1.07 bits per heavy atom. The van der Waals surface area contributed by atoms with Crippen LogP contribution in [-0.2, 0) is 14.4 Å². The van der Waals surface area contributed by atoms with Crippen molar-refractivity contribution < 1.29 is 25.9 Å². The third-order valence-electron chi connectivity index (χ3n) is 4.72. The smallest absolute Gasteiger partial charge is 0.264 e. The summed E-state index contributed by atoms with van der Waals surface area (Å²) in [4.78, 5) is -0.180. The summed E-state index contributed by atoms with van der Waals surface area (Å²) in [6.45, 7) is 8.85. The van der Waals surface area contributed by atoms with Crippen molar-refractivity contribution in [2.45, 2.75) is 58.0 Å². The highest BCUT2D eigenvalue weighted by atomic mass is 32.2. The van der Waals surface area contributed by atoms with Crippen molar-refractivity contribution in [1.29, 1.82) is 0 Å². The average molecular weight is 427 g/mol. The molecule has 2 rings (SSSR count). The molecule has 0 saturated heterocycles. The summed E-state index contributed by atoms with van der Waals surface area (Å²) in [5.74, 6) is 0.194. The molecule has 0 spiro atoms. The maximum absolute atomic E-state index is 13.5. The normalized spacial score (nSPS) is 14.0. The van der Waals surface area contributed by atoms with Crippen molar-refractivity contribution >= 4 is 15.8 Å². The van der Waals surface area contributed by atoms with Crippen LogP contribution in [0.2, 0.25) is 0 Å². The van der Waals surface area contributed by atoms with Gasteiger partial charge in [-0.25, -0.2) is 0 Å². The first-order valence-corrected chi connectivity index (χ1v) is 10.5. The van der Waals surface area contributed by atoms with E-state index in [0.717, 1.165) is 17.5 Å². The Morgan fingerprint density at radius 3 is 2.03 bits per heavy atom. The highest BCUT2D eigenvalue weighted by molar-refractivity contribution is 7.86. The molecule has 8 heteroatoms. The zero-order valence-electron chi connectivity index (χ0n) is 17.0. The minimum atomic E-state index is -4.88. The molecule has 0 N–H and O–H groups in total. The Balaban J connectivity index is 2.44. The van der Waals surface area contributed by atoms with E-state index in [1.165, 1.54) is 12.1 Å². The Labute approximate surface area is 169 Å². The van der Waals surface area contributed by atoms with Crippen LogP contribution in [0.15, 0.2) is 46.4 Å². The van der Waals surface area contributed by atoms with Gasteiger partial charge in [0.05, 0.1) is 0 Å². The Bertz CT molecular complexity index is 987. The minimum Gasteiger partial charge on any atom is -0.264 e. The molecule has 158 valence electrons. The average Bonchev–Trinajstić information content (AvgIpc) is 2.59. The molecule has 0 fully saturated rings. The van der Waals surface area contributed by atoms with Gasteiger partial charge >= 0.3 is 16.3 Å². The second kappa shape index (κ2) is 8.57. The molecule has 0 heterocycles. The van der Waals surface area contributed by atoms with Gasteiger partial charge in [-0.05, 0) is 49.8 Å². The molecular formula is C21H24F3NO3S. The van der Waals surface area contributed by atoms with Crippen molar-refractivity contribution in [2.75, 3.05) is 0 Å². The highest BCUT2D eigenvalue weighted by Gasteiger charge is 2.38. The summed E-state index contributed by atoms with van der Waals surface area (Å²) in [5.41, 5.74) is 0.807. The van der Waals surface area contributed by atoms with Gasteiger partial charge in [0.2, 0.25) is 0 Å². The lowest BCUT2D eigenvalue weighted by atomic mass is 9.97. The number of halogens is 3. The molecule has 2 aromatic carbocycles. The Kier molecular flexibility index (Phi) is 6.78. The predicted molar refractivity (Wildman–Crippen MR) is 107 cm³/mol. The number of benzene rings is 2. The van der Waals surface area contributed by atoms with Gasteiger partial charge in [-0.1, -0.05) is 61.0 Å². The molecular weight excluding hydrogens is 403 g/mol. The molecule has 0 aliphatic heterocycles. The van der Waals surface area contributed by atoms with Gasteiger partial charge in [0.25, 0.3) is 0 Å². The van der Waals surface area contributed by atoms with Gasteiger partial charge in [-0.15, -0.1) is 0 Å². The topological polar surface area (TPSA) is 55.7 Å². The fourth-order valence-corrected chi connectivity index (χ4v) is 4.31. The van der Waals surface area contributed by atoms with E-state index < -0.39 is 22.0 Å². The number of aryl methyl sites for hydroxylation is 3. The number of rotatable bonds is 6. The minimum absolute atomic E-state index is 0.180. The third-order valence-corrected chi connectivity index (χ3v) is 6.13. The van der Waals surface area contributed by atoms with Gasteiger partial charge in [0, 0.05) is 5.56 Å². The largest absolute Gasteiger partial charge is 0.437 e. The van der Waals surface area contributed by atoms with Crippen LogP contribution in [0.1, 0.15) is 54.0 Å². The molecule has 1 unspecified atom stereocenters. The number of nitrogens with zero attached hydrogens (tertiary/aromatic N) is 1. The zero-order valence-corrected chi connectivity index (χ0v) is 17.8. The van der Waals surface area contributed by atoms with Crippen LogP contribution in [-0.4, -0.2) is 20.3 Å². The van der Waals surface area contributed by atoms with Gasteiger partial charge in [0.15, 0.2) is 5.71 Å². The SMILES string of the molecule is CCC(C)c1ccc(C(=NOS(=O)(=O)c2c(C)cc(C)cc2C)C(F)(F)F)cc1. The Hall–Kier alpha value is -2.35. The van der Waals surface area contributed by atoms with Gasteiger partial charge in [0.1, 0.15) is 4.90 Å². The summed E-state index contributed by atoms with van der Waals surface area (Å²) in [7, 11) is -4.51. The second-order valence-electron chi connectivity index (χ2n) is 7.13. The molecule has 0 aliphatic rings. The van der Waals surface area contributed by atoms with Crippen LogP contribution in [0.25, 0.3) is 0 Å². The Morgan fingerprint density at radius 2 is 1.59 bits per heavy atom. The summed E-state index contributed by atoms with van der Waals surface area (Å²) in [6.07, 6.45) is -4.04. The van der Waals surface area contributed by atoms with E-state index in [2.05, 4.69) is 9.44 Å². The number of hydrogen-bond acceptors (Lipinski definition) is 4. The van der Waals surface area contributed by atoms with Crippen molar-refractivity contribution in [3.05, 3.63) is 64.2 Å². The summed E-state index contributed by atoms with van der Waals surface area (Å²) in [5, 5.41) is 3.02. The van der Waals surface area contributed by atoms with Gasteiger partial charge < -0.3 is 0 Å². The van der Waals surface area contributed by atoms with Crippen LogP contribution in [0.4, 0.5) is 13.2 Å². The fraction of sp³-hybridized carbons (Fsp3) is 0.381. The fourth-order valence-electron chi connectivity index (χ4n) is 3.16. The number of alkyl halides is 3. The van der Waals surface area contributed by atoms with Crippen LogP contribution >= 0.6 is 0 Å². The summed E-state index contributed by atoms with van der Waals surface area (Å²) in [6, 6.07) is 8.93. The lowest BCUT2D eigenvalue weighted by molar-refractivity contribution is -0.0597. The number of oxime groups is 1. The molecule has 1 atom stereocenters. The lowest BCUT2D eigenvalue weighted by Gasteiger charge is -2.14. The van der Waals surface area contributed by atoms with E-state index in [1.54, 1.807) is 45.0 Å². The first-order valence-electron chi connectivity index (χ1n) is 9.13. The molecule has 2 aromatic rings. The maximum atomic E-state index is 13.5. The molecule has 0 saturated carbocycles. The lowest BCUT2D eigenvalue weighted by Crippen LogP contribution is -2.25. The number of hydrogen-bond donors (Lipinski definition) is 0. The first-order chi connectivity index (χ1) is 13.4. The van der Waals surface area contributed by atoms with Crippen LogP contribution in [0.3, 0.4) is 0 Å². The molecule has 0 aliphatic carbocycles. The molecule has 0 radical (unpaired) electrons. The van der Waals surface area contributed by atoms with Gasteiger partial charge in [-0.2, -0.15) is 21.6 Å². The first kappa shape index (κ1) is 22.9. The van der Waals surface area contributed by atoms with E-state index in [0.29, 0.717) is 11.1 Å². The summed E-state index contributed by atoms with van der Waals surface area (Å²) >= 11 is 0. The zero-order chi connectivity index (χ0) is 22.0. The molecule has 0 bridgehead atoms. The van der Waals surface area contributed by atoms with E-state index in [-0.39, 0.29) is 16.4 Å². The van der Waals surface area contributed by atoms with Gasteiger partial charge in [-0.3, -0.25) is 4.28 Å². The van der Waals surface area contributed by atoms with Crippen molar-refractivity contribution in [2.24, 2.45) is 5.16 Å². The molecule has 0 aromatic heterocycles. The monoisotopic (exact) mass is 427 g/mol. The van der Waals surface area contributed by atoms with E-state index in [1.807, 2.05) is 13.8 Å². The van der Waals surface area contributed by atoms with Crippen LogP contribution in [0.5, 0.6) is 0 Å². The standard InChI is InChI=1S/C21H24F3NO3S/c1-6-14(3)17-7-9-18(10-8-17)20(21(22,23)24)25-28-29(26,27)19-15(4)11-13(2)12-16(19)5/h7-12,14H,6H2,1-5H3. The molecule has 0 amide bonds. The second-order valence-corrected chi connectivity index (χ2v) is 8.59. The highest BCUT2D eigenvalue weighted by Crippen LogP contribution is 2.28. The van der Waals surface area contributed by atoms with Crippen LogP contribution in [0, 0.1) is 20.8 Å². The predicted octanol–water partition coefficient (Wildman–Crippen LogP) is 5.80. The maximum Gasteiger partial charge on any atom is 0.437 e. The quantitative estimate of drug-likeness (QED) is 0.433. The van der Waals surface area contributed by atoms with Crippen molar-refractivity contribution in [3.8, 4) is 0 Å². The van der Waals surface area contributed by atoms with Crippen molar-refractivity contribution in [1.82, 2.24) is 0 Å². The molecule has 4 nitrogen and oxygen atoms in total. The van der Waals surface area contributed by atoms with E-state index >= 15 is 0 Å². The molecule has 29 heavy (non-hydrogen) atoms. The van der Waals surface area contributed by atoms with E-state index in [9.17, 15) is 21.6 Å². The van der Waals surface area contributed by atoms with E-state index in [4.69, 9.17) is 0 Å². The summed E-state index contributed by atoms with van der Waals surface area (Å²) < 4.78 is 70.1. The van der Waals surface area contributed by atoms with Crippen molar-refractivity contribution in [3.63, 3.8) is 0 Å². The van der Waals surface area contributed by atoms with Crippen LogP contribution < -0.4 is 0 Å².